The Hall–Kier alpha value is -3.05. The van der Waals surface area contributed by atoms with Crippen LogP contribution in [0.1, 0.15) is 21.5 Å². The SMILES string of the molecule is Cc1ccccc1C(=O)NC(=O)NC(=S)c1cccc2ccccc12. The van der Waals surface area contributed by atoms with Crippen LogP contribution >= 0.6 is 12.2 Å². The van der Waals surface area contributed by atoms with Gasteiger partial charge in [-0.15, -0.1) is 0 Å². The first-order valence-corrected chi connectivity index (χ1v) is 8.17. The van der Waals surface area contributed by atoms with Gasteiger partial charge in [0.05, 0.1) is 0 Å². The first kappa shape index (κ1) is 16.8. The van der Waals surface area contributed by atoms with Gasteiger partial charge in [0.15, 0.2) is 0 Å². The third kappa shape index (κ3) is 3.72. The van der Waals surface area contributed by atoms with Gasteiger partial charge >= 0.3 is 6.03 Å². The first-order valence-electron chi connectivity index (χ1n) is 7.76. The molecule has 0 heterocycles. The summed E-state index contributed by atoms with van der Waals surface area (Å²) < 4.78 is 0. The van der Waals surface area contributed by atoms with E-state index in [4.69, 9.17) is 12.2 Å². The number of amides is 3. The van der Waals surface area contributed by atoms with Gasteiger partial charge < -0.3 is 0 Å². The Morgan fingerprint density at radius 1 is 0.800 bits per heavy atom. The highest BCUT2D eigenvalue weighted by Crippen LogP contribution is 2.18. The maximum Gasteiger partial charge on any atom is 0.326 e. The molecule has 3 rings (SSSR count). The Morgan fingerprint density at radius 2 is 1.44 bits per heavy atom. The number of hydrogen-bond acceptors (Lipinski definition) is 3. The van der Waals surface area contributed by atoms with E-state index in [-0.39, 0.29) is 4.99 Å². The van der Waals surface area contributed by atoms with Crippen LogP contribution in [0.4, 0.5) is 4.79 Å². The van der Waals surface area contributed by atoms with Crippen molar-refractivity contribution >= 4 is 39.9 Å². The standard InChI is InChI=1S/C20H16N2O2S/c1-13-7-2-4-10-15(13)18(23)21-20(24)22-19(25)17-12-6-9-14-8-3-5-11-16(14)17/h2-12H,1H3,(H2,21,22,23,24,25). The second-order valence-corrected chi connectivity index (χ2v) is 5.99. The van der Waals surface area contributed by atoms with Gasteiger partial charge in [-0.05, 0) is 29.3 Å². The lowest BCUT2D eigenvalue weighted by molar-refractivity contribution is 0.0964. The largest absolute Gasteiger partial charge is 0.326 e. The fourth-order valence-corrected chi connectivity index (χ4v) is 2.89. The van der Waals surface area contributed by atoms with Gasteiger partial charge in [-0.3, -0.25) is 15.4 Å². The Kier molecular flexibility index (Phi) is 4.86. The Labute approximate surface area is 150 Å². The minimum Gasteiger partial charge on any atom is -0.298 e. The molecule has 0 aliphatic rings. The molecule has 2 N–H and O–H groups in total. The number of nitrogens with one attached hydrogen (secondary N) is 2. The smallest absolute Gasteiger partial charge is 0.298 e. The van der Waals surface area contributed by atoms with Crippen LogP contribution in [0, 0.1) is 6.92 Å². The average Bonchev–Trinajstić information content (AvgIpc) is 2.61. The van der Waals surface area contributed by atoms with E-state index < -0.39 is 11.9 Å². The molecule has 0 aliphatic carbocycles. The molecule has 0 radical (unpaired) electrons. The molecule has 0 atom stereocenters. The maximum absolute atomic E-state index is 12.2. The number of carbonyl (C=O) groups is 2. The van der Waals surface area contributed by atoms with Crippen LogP contribution in [0.3, 0.4) is 0 Å². The minimum absolute atomic E-state index is 0.270. The van der Waals surface area contributed by atoms with Crippen molar-refractivity contribution in [3.63, 3.8) is 0 Å². The second-order valence-electron chi connectivity index (χ2n) is 5.58. The molecule has 0 bridgehead atoms. The highest BCUT2D eigenvalue weighted by molar-refractivity contribution is 7.80. The van der Waals surface area contributed by atoms with E-state index >= 15 is 0 Å². The molecule has 0 unspecified atom stereocenters. The summed E-state index contributed by atoms with van der Waals surface area (Å²) >= 11 is 5.34. The van der Waals surface area contributed by atoms with Crippen LogP contribution in [-0.2, 0) is 0 Å². The van der Waals surface area contributed by atoms with E-state index in [9.17, 15) is 9.59 Å². The highest BCUT2D eigenvalue weighted by atomic mass is 32.1. The molecular formula is C20H16N2O2S. The molecule has 0 spiro atoms. The Morgan fingerprint density at radius 3 is 2.24 bits per heavy atom. The summed E-state index contributed by atoms with van der Waals surface area (Å²) in [5, 5.41) is 6.85. The summed E-state index contributed by atoms with van der Waals surface area (Å²) in [6.45, 7) is 1.81. The Bertz CT molecular complexity index is 977. The van der Waals surface area contributed by atoms with Crippen molar-refractivity contribution in [3.05, 3.63) is 83.4 Å². The summed E-state index contributed by atoms with van der Waals surface area (Å²) in [5.41, 5.74) is 1.99. The molecule has 0 fully saturated rings. The number of carbonyl (C=O) groups excluding carboxylic acids is 2. The van der Waals surface area contributed by atoms with Crippen molar-refractivity contribution < 1.29 is 9.59 Å². The van der Waals surface area contributed by atoms with Gasteiger partial charge in [0.1, 0.15) is 4.99 Å². The predicted molar refractivity (Wildman–Crippen MR) is 103 cm³/mol. The van der Waals surface area contributed by atoms with Crippen LogP contribution in [0.15, 0.2) is 66.7 Å². The van der Waals surface area contributed by atoms with Gasteiger partial charge in [0, 0.05) is 11.1 Å². The number of urea groups is 1. The van der Waals surface area contributed by atoms with Crippen LogP contribution in [-0.4, -0.2) is 16.9 Å². The van der Waals surface area contributed by atoms with Crippen LogP contribution < -0.4 is 10.6 Å². The Balaban J connectivity index is 1.73. The van der Waals surface area contributed by atoms with Crippen LogP contribution in [0.25, 0.3) is 10.8 Å². The number of benzene rings is 3. The molecule has 3 aromatic rings. The van der Waals surface area contributed by atoms with Gasteiger partial charge in [0.25, 0.3) is 5.91 Å². The molecular weight excluding hydrogens is 332 g/mol. The van der Waals surface area contributed by atoms with Crippen molar-refractivity contribution in [2.24, 2.45) is 0 Å². The third-order valence-electron chi connectivity index (χ3n) is 3.88. The molecule has 0 saturated heterocycles. The predicted octanol–water partition coefficient (Wildman–Crippen LogP) is 3.96. The monoisotopic (exact) mass is 348 g/mol. The van der Waals surface area contributed by atoms with E-state index in [1.807, 2.05) is 61.5 Å². The van der Waals surface area contributed by atoms with Gasteiger partial charge in [-0.2, -0.15) is 0 Å². The fourth-order valence-electron chi connectivity index (χ4n) is 2.62. The third-order valence-corrected chi connectivity index (χ3v) is 4.20. The summed E-state index contributed by atoms with van der Waals surface area (Å²) in [6, 6.07) is 19.9. The van der Waals surface area contributed by atoms with E-state index in [0.29, 0.717) is 5.56 Å². The zero-order valence-electron chi connectivity index (χ0n) is 13.6. The molecule has 0 saturated carbocycles. The number of fused-ring (bicyclic) bond motifs is 1. The lowest BCUT2D eigenvalue weighted by atomic mass is 10.0. The summed E-state index contributed by atoms with van der Waals surface area (Å²) in [4.78, 5) is 24.6. The quantitative estimate of drug-likeness (QED) is 0.689. The van der Waals surface area contributed by atoms with Crippen molar-refractivity contribution in [3.8, 4) is 0 Å². The summed E-state index contributed by atoms with van der Waals surface area (Å²) in [7, 11) is 0. The lowest BCUT2D eigenvalue weighted by Crippen LogP contribution is -2.42. The van der Waals surface area contributed by atoms with Crippen molar-refractivity contribution in [2.75, 3.05) is 0 Å². The molecule has 25 heavy (non-hydrogen) atoms. The van der Waals surface area contributed by atoms with Gasteiger partial charge in [-0.25, -0.2) is 4.79 Å². The molecule has 5 heteroatoms. The van der Waals surface area contributed by atoms with E-state index in [1.165, 1.54) is 0 Å². The topological polar surface area (TPSA) is 58.2 Å². The number of aryl methyl sites for hydroxylation is 1. The maximum atomic E-state index is 12.2. The van der Waals surface area contributed by atoms with Crippen molar-refractivity contribution in [1.29, 1.82) is 0 Å². The van der Waals surface area contributed by atoms with E-state index in [2.05, 4.69) is 10.6 Å². The average molecular weight is 348 g/mol. The van der Waals surface area contributed by atoms with Gasteiger partial charge in [-0.1, -0.05) is 72.9 Å². The molecule has 3 aromatic carbocycles. The lowest BCUT2D eigenvalue weighted by Gasteiger charge is -2.11. The van der Waals surface area contributed by atoms with Crippen LogP contribution in [0.5, 0.6) is 0 Å². The summed E-state index contributed by atoms with van der Waals surface area (Å²) in [6.07, 6.45) is 0. The summed E-state index contributed by atoms with van der Waals surface area (Å²) in [5.74, 6) is -0.462. The van der Waals surface area contributed by atoms with E-state index in [0.717, 1.165) is 21.9 Å². The number of hydrogen-bond donors (Lipinski definition) is 2. The molecule has 4 nitrogen and oxygen atoms in total. The minimum atomic E-state index is -0.647. The highest BCUT2D eigenvalue weighted by Gasteiger charge is 2.14. The molecule has 0 aromatic heterocycles. The fraction of sp³-hybridized carbons (Fsp3) is 0.0500. The van der Waals surface area contributed by atoms with Gasteiger partial charge in [0.2, 0.25) is 0 Å². The zero-order chi connectivity index (χ0) is 17.8. The van der Waals surface area contributed by atoms with Crippen molar-refractivity contribution in [1.82, 2.24) is 10.6 Å². The number of imide groups is 1. The molecule has 124 valence electrons. The van der Waals surface area contributed by atoms with Crippen molar-refractivity contribution in [2.45, 2.75) is 6.92 Å². The number of thiocarbonyl (C=S) groups is 1. The van der Waals surface area contributed by atoms with E-state index in [1.54, 1.807) is 12.1 Å². The first-order chi connectivity index (χ1) is 12.1. The normalized spacial score (nSPS) is 10.3. The molecule has 3 amide bonds. The molecule has 0 aliphatic heterocycles. The second kappa shape index (κ2) is 7.23. The zero-order valence-corrected chi connectivity index (χ0v) is 14.4. The van der Waals surface area contributed by atoms with Crippen LogP contribution in [0.2, 0.25) is 0 Å². The number of rotatable bonds is 2.